The van der Waals surface area contributed by atoms with Gasteiger partial charge in [0.25, 0.3) is 0 Å². The van der Waals surface area contributed by atoms with Gasteiger partial charge in [0.1, 0.15) is 5.76 Å². The molecule has 0 saturated carbocycles. The third kappa shape index (κ3) is 1.80. The molecule has 0 saturated heterocycles. The fourth-order valence-corrected chi connectivity index (χ4v) is 0.751. The van der Waals surface area contributed by atoms with Crippen molar-refractivity contribution in [2.24, 2.45) is 5.73 Å². The highest BCUT2D eigenvalue weighted by Crippen LogP contribution is 2.22. The molecule has 3 heteroatoms. The first-order chi connectivity index (χ1) is 5.04. The molecule has 3 nitrogen and oxygen atoms in total. The van der Waals surface area contributed by atoms with Crippen molar-refractivity contribution in [2.75, 3.05) is 0 Å². The first-order valence-electron chi connectivity index (χ1n) is 3.69. The normalized spacial score (nSPS) is 12.0. The third-order valence-electron chi connectivity index (χ3n) is 1.47. The zero-order valence-electron chi connectivity index (χ0n) is 7.22. The van der Waals surface area contributed by atoms with Gasteiger partial charge < -0.3 is 10.2 Å². The summed E-state index contributed by atoms with van der Waals surface area (Å²) in [4.78, 5) is 4.01. The number of hydrogen-bond donors (Lipinski definition) is 1. The number of nitrogens with two attached hydrogens (primary N) is 1. The quantitative estimate of drug-likeness (QED) is 0.665. The Morgan fingerprint density at radius 3 is 2.45 bits per heavy atom. The number of hydrogen-bond acceptors (Lipinski definition) is 3. The molecule has 0 amide bonds. The Balaban J connectivity index is 2.89. The minimum Gasteiger partial charge on any atom is -0.444 e. The minimum atomic E-state index is 0.0282. The molecule has 62 valence electrons. The molecule has 0 aromatic carbocycles. The Morgan fingerprint density at radius 2 is 2.18 bits per heavy atom. The first kappa shape index (κ1) is 8.27. The molecule has 0 unspecified atom stereocenters. The average molecular weight is 154 g/mol. The highest BCUT2D eigenvalue weighted by molar-refractivity contribution is 5.05. The Hall–Kier alpha value is -0.830. The molecule has 0 aliphatic heterocycles. The fraction of sp³-hybridized carbons (Fsp3) is 0.625. The molecule has 1 aromatic heterocycles. The molecule has 1 aromatic rings. The smallest absolute Gasteiger partial charge is 0.208 e. The lowest BCUT2D eigenvalue weighted by atomic mass is 9.94. The van der Waals surface area contributed by atoms with E-state index in [-0.39, 0.29) is 5.41 Å². The van der Waals surface area contributed by atoms with Crippen LogP contribution in [-0.4, -0.2) is 4.98 Å². The van der Waals surface area contributed by atoms with Crippen LogP contribution in [0, 0.1) is 0 Å². The van der Waals surface area contributed by atoms with Crippen LogP contribution in [0.2, 0.25) is 0 Å². The predicted octanol–water partition coefficient (Wildman–Crippen LogP) is 1.43. The molecule has 0 radical (unpaired) electrons. The highest BCUT2D eigenvalue weighted by Gasteiger charge is 2.18. The van der Waals surface area contributed by atoms with E-state index < -0.39 is 0 Å². The van der Waals surface area contributed by atoms with Crippen molar-refractivity contribution < 1.29 is 4.42 Å². The summed E-state index contributed by atoms with van der Waals surface area (Å²) >= 11 is 0. The van der Waals surface area contributed by atoms with Crippen molar-refractivity contribution >= 4 is 0 Å². The van der Waals surface area contributed by atoms with Crippen LogP contribution in [0.3, 0.4) is 0 Å². The van der Waals surface area contributed by atoms with Gasteiger partial charge in [0.2, 0.25) is 5.89 Å². The maximum atomic E-state index is 5.36. The predicted molar refractivity (Wildman–Crippen MR) is 43.1 cm³/mol. The van der Waals surface area contributed by atoms with E-state index in [1.807, 2.05) is 0 Å². The zero-order chi connectivity index (χ0) is 8.48. The van der Waals surface area contributed by atoms with E-state index in [0.717, 1.165) is 5.76 Å². The average Bonchev–Trinajstić information content (AvgIpc) is 2.32. The summed E-state index contributed by atoms with van der Waals surface area (Å²) in [5.74, 6) is 1.49. The van der Waals surface area contributed by atoms with Crippen LogP contribution in [0.1, 0.15) is 32.4 Å². The van der Waals surface area contributed by atoms with Crippen LogP contribution in [-0.2, 0) is 12.0 Å². The molecule has 2 N–H and O–H groups in total. The molecule has 0 bridgehead atoms. The number of aromatic nitrogens is 1. The van der Waals surface area contributed by atoms with E-state index in [1.54, 1.807) is 6.20 Å². The minimum absolute atomic E-state index is 0.0282. The van der Waals surface area contributed by atoms with Crippen LogP contribution < -0.4 is 5.73 Å². The van der Waals surface area contributed by atoms with Crippen LogP contribution in [0.5, 0.6) is 0 Å². The molecule has 0 spiro atoms. The van der Waals surface area contributed by atoms with Gasteiger partial charge in [-0.2, -0.15) is 0 Å². The van der Waals surface area contributed by atoms with Crippen LogP contribution >= 0.6 is 0 Å². The molecule has 0 fully saturated rings. The van der Waals surface area contributed by atoms with Gasteiger partial charge in [-0.05, 0) is 0 Å². The Morgan fingerprint density at radius 1 is 1.55 bits per heavy atom. The molecule has 0 aliphatic carbocycles. The third-order valence-corrected chi connectivity index (χ3v) is 1.47. The molecule has 0 aliphatic rings. The number of rotatable bonds is 1. The molecular weight excluding hydrogens is 140 g/mol. The van der Waals surface area contributed by atoms with Crippen LogP contribution in [0.15, 0.2) is 10.6 Å². The second-order valence-electron chi connectivity index (χ2n) is 3.57. The lowest BCUT2D eigenvalue weighted by molar-refractivity contribution is 0.383. The first-order valence-corrected chi connectivity index (χ1v) is 3.69. The summed E-state index contributed by atoms with van der Waals surface area (Å²) in [5, 5.41) is 0. The van der Waals surface area contributed by atoms with E-state index in [4.69, 9.17) is 10.2 Å². The second-order valence-corrected chi connectivity index (χ2v) is 3.57. The Bertz CT molecular complexity index is 234. The molecular formula is C8H14N2O. The van der Waals surface area contributed by atoms with Crippen molar-refractivity contribution in [2.45, 2.75) is 32.7 Å². The lowest BCUT2D eigenvalue weighted by Gasteiger charge is -2.12. The van der Waals surface area contributed by atoms with E-state index in [9.17, 15) is 0 Å². The second kappa shape index (κ2) is 2.66. The summed E-state index contributed by atoms with van der Waals surface area (Å²) in [7, 11) is 0. The van der Waals surface area contributed by atoms with Crippen molar-refractivity contribution in [1.82, 2.24) is 4.98 Å². The van der Waals surface area contributed by atoms with Crippen LogP contribution in [0.4, 0.5) is 0 Å². The molecule has 1 heterocycles. The Kier molecular flexibility index (Phi) is 2.00. The van der Waals surface area contributed by atoms with Crippen molar-refractivity contribution in [3.05, 3.63) is 17.8 Å². The van der Waals surface area contributed by atoms with E-state index in [2.05, 4.69) is 25.8 Å². The monoisotopic (exact) mass is 154 g/mol. The fourth-order valence-electron chi connectivity index (χ4n) is 0.751. The van der Waals surface area contributed by atoms with Gasteiger partial charge in [-0.1, -0.05) is 20.8 Å². The molecule has 0 atom stereocenters. The maximum absolute atomic E-state index is 5.36. The maximum Gasteiger partial charge on any atom is 0.208 e. The largest absolute Gasteiger partial charge is 0.444 e. The summed E-state index contributed by atoms with van der Waals surface area (Å²) < 4.78 is 5.36. The number of nitrogens with zero attached hydrogens (tertiary/aromatic N) is 1. The van der Waals surface area contributed by atoms with E-state index in [0.29, 0.717) is 12.4 Å². The van der Waals surface area contributed by atoms with Gasteiger partial charge >= 0.3 is 0 Å². The van der Waals surface area contributed by atoms with Gasteiger partial charge in [-0.15, -0.1) is 0 Å². The van der Waals surface area contributed by atoms with E-state index in [1.165, 1.54) is 0 Å². The standard InChI is InChI=1S/C8H14N2O/c1-8(2,3)6-5-10-7(4-9)11-6/h5H,4,9H2,1-3H3. The summed E-state index contributed by atoms with van der Waals surface area (Å²) in [6, 6.07) is 0. The number of oxazole rings is 1. The summed E-state index contributed by atoms with van der Waals surface area (Å²) in [6.07, 6.45) is 1.74. The zero-order valence-corrected chi connectivity index (χ0v) is 7.22. The van der Waals surface area contributed by atoms with Crippen molar-refractivity contribution in [3.63, 3.8) is 0 Å². The van der Waals surface area contributed by atoms with Gasteiger partial charge in [-0.3, -0.25) is 0 Å². The van der Waals surface area contributed by atoms with Crippen molar-refractivity contribution in [1.29, 1.82) is 0 Å². The molecule has 11 heavy (non-hydrogen) atoms. The van der Waals surface area contributed by atoms with Crippen molar-refractivity contribution in [3.8, 4) is 0 Å². The molecule has 1 rings (SSSR count). The lowest BCUT2D eigenvalue weighted by Crippen LogP contribution is -2.09. The van der Waals surface area contributed by atoms with Gasteiger partial charge in [0.15, 0.2) is 0 Å². The summed E-state index contributed by atoms with van der Waals surface area (Å²) in [5.41, 5.74) is 5.38. The van der Waals surface area contributed by atoms with Gasteiger partial charge in [0, 0.05) is 5.41 Å². The SMILES string of the molecule is CC(C)(C)c1cnc(CN)o1. The Labute approximate surface area is 66.6 Å². The van der Waals surface area contributed by atoms with Crippen LogP contribution in [0.25, 0.3) is 0 Å². The summed E-state index contributed by atoms with van der Waals surface area (Å²) in [6.45, 7) is 6.60. The highest BCUT2D eigenvalue weighted by atomic mass is 16.4. The van der Waals surface area contributed by atoms with Gasteiger partial charge in [0.05, 0.1) is 12.7 Å². The van der Waals surface area contributed by atoms with E-state index >= 15 is 0 Å². The topological polar surface area (TPSA) is 52.0 Å². The van der Waals surface area contributed by atoms with Gasteiger partial charge in [-0.25, -0.2) is 4.98 Å².